The molecule has 1 amide bonds. The molecular weight excluding hydrogens is 276 g/mol. The summed E-state index contributed by atoms with van der Waals surface area (Å²) >= 11 is 5.73. The third-order valence-corrected chi connectivity index (χ3v) is 2.89. The molecule has 0 unspecified atom stereocenters. The zero-order valence-electron chi connectivity index (χ0n) is 10.2. The number of hydrogen-bond acceptors (Lipinski definition) is 4. The maximum atomic E-state index is 12.1. The van der Waals surface area contributed by atoms with E-state index in [9.17, 15) is 4.79 Å². The summed E-state index contributed by atoms with van der Waals surface area (Å²) in [4.78, 5) is 24.2. The van der Waals surface area contributed by atoms with Crippen LogP contribution in [0.25, 0.3) is 10.9 Å². The first-order chi connectivity index (χ1) is 9.72. The summed E-state index contributed by atoms with van der Waals surface area (Å²) in [6.07, 6.45) is 1.47. The number of carbonyl (C=O) groups is 1. The van der Waals surface area contributed by atoms with Gasteiger partial charge in [-0.05, 0) is 18.2 Å². The Kier molecular flexibility index (Phi) is 3.26. The van der Waals surface area contributed by atoms with Crippen molar-refractivity contribution in [2.24, 2.45) is 0 Å². The number of anilines is 1. The van der Waals surface area contributed by atoms with Gasteiger partial charge in [-0.25, -0.2) is 15.0 Å². The molecule has 20 heavy (non-hydrogen) atoms. The van der Waals surface area contributed by atoms with Gasteiger partial charge < -0.3 is 0 Å². The van der Waals surface area contributed by atoms with Crippen molar-refractivity contribution in [1.29, 1.82) is 0 Å². The Morgan fingerprint density at radius 2 is 1.90 bits per heavy atom. The molecule has 5 nitrogen and oxygen atoms in total. The lowest BCUT2D eigenvalue weighted by Crippen LogP contribution is -2.15. The molecule has 0 saturated heterocycles. The zero-order chi connectivity index (χ0) is 13.9. The Morgan fingerprint density at radius 1 is 1.05 bits per heavy atom. The normalized spacial score (nSPS) is 10.4. The predicted octanol–water partition coefficient (Wildman–Crippen LogP) is 2.93. The maximum absolute atomic E-state index is 12.1. The molecule has 0 fully saturated rings. The molecule has 3 aromatic rings. The van der Waals surface area contributed by atoms with Crippen LogP contribution in [0.2, 0.25) is 5.15 Å². The molecule has 0 radical (unpaired) electrons. The van der Waals surface area contributed by atoms with E-state index in [1.54, 1.807) is 6.07 Å². The number of benzene rings is 1. The first-order valence-corrected chi connectivity index (χ1v) is 6.26. The third kappa shape index (κ3) is 2.57. The topological polar surface area (TPSA) is 67.8 Å². The van der Waals surface area contributed by atoms with Gasteiger partial charge in [0.25, 0.3) is 5.91 Å². The summed E-state index contributed by atoms with van der Waals surface area (Å²) < 4.78 is 0. The fraction of sp³-hybridized carbons (Fsp3) is 0. The Hall–Kier alpha value is -2.53. The lowest BCUT2D eigenvalue weighted by molar-refractivity contribution is 0.102. The van der Waals surface area contributed by atoms with Crippen LogP contribution >= 0.6 is 11.6 Å². The monoisotopic (exact) mass is 284 g/mol. The second-order valence-electron chi connectivity index (χ2n) is 4.05. The third-order valence-electron chi connectivity index (χ3n) is 2.68. The number of halogens is 1. The highest BCUT2D eigenvalue weighted by Gasteiger charge is 2.10. The fourth-order valence-corrected chi connectivity index (χ4v) is 1.89. The minimum absolute atomic E-state index is 0.150. The first kappa shape index (κ1) is 12.5. The van der Waals surface area contributed by atoms with Crippen LogP contribution in [-0.4, -0.2) is 20.9 Å². The molecule has 6 heteroatoms. The summed E-state index contributed by atoms with van der Waals surface area (Å²) in [5.74, 6) is -0.226. The number of aromatic nitrogens is 3. The maximum Gasteiger partial charge on any atom is 0.276 e. The highest BCUT2D eigenvalue weighted by molar-refractivity contribution is 6.29. The van der Waals surface area contributed by atoms with E-state index in [1.807, 2.05) is 30.3 Å². The van der Waals surface area contributed by atoms with Gasteiger partial charge in [-0.3, -0.25) is 10.1 Å². The Balaban J connectivity index is 1.88. The van der Waals surface area contributed by atoms with Gasteiger partial charge in [0, 0.05) is 11.6 Å². The van der Waals surface area contributed by atoms with Crippen molar-refractivity contribution in [2.75, 3.05) is 5.32 Å². The molecule has 2 heterocycles. The van der Waals surface area contributed by atoms with E-state index in [2.05, 4.69) is 20.3 Å². The number of para-hydroxylation sites is 1. The Morgan fingerprint density at radius 3 is 2.75 bits per heavy atom. The minimum Gasteiger partial charge on any atom is -0.289 e. The molecule has 3 rings (SSSR count). The van der Waals surface area contributed by atoms with Gasteiger partial charge in [-0.15, -0.1) is 0 Å². The van der Waals surface area contributed by atoms with E-state index in [0.29, 0.717) is 5.69 Å². The van der Waals surface area contributed by atoms with Crippen LogP contribution in [0.1, 0.15) is 10.5 Å². The van der Waals surface area contributed by atoms with Crippen LogP contribution in [0, 0.1) is 0 Å². The molecule has 0 spiro atoms. The second-order valence-corrected chi connectivity index (χ2v) is 4.43. The lowest BCUT2D eigenvalue weighted by atomic mass is 10.2. The van der Waals surface area contributed by atoms with Crippen LogP contribution in [-0.2, 0) is 0 Å². The highest BCUT2D eigenvalue weighted by atomic mass is 35.5. The molecule has 2 aromatic heterocycles. The van der Waals surface area contributed by atoms with Crippen molar-refractivity contribution in [1.82, 2.24) is 15.0 Å². The van der Waals surface area contributed by atoms with Crippen LogP contribution in [0.3, 0.4) is 0 Å². The van der Waals surface area contributed by atoms with E-state index >= 15 is 0 Å². The van der Waals surface area contributed by atoms with Crippen LogP contribution in [0.5, 0.6) is 0 Å². The molecule has 0 aliphatic heterocycles. The van der Waals surface area contributed by atoms with Gasteiger partial charge in [0.05, 0.1) is 5.52 Å². The SMILES string of the molecule is O=C(Nc1nccc(Cl)n1)c1ccc2ccccc2n1. The largest absolute Gasteiger partial charge is 0.289 e. The zero-order valence-corrected chi connectivity index (χ0v) is 11.0. The Bertz CT molecular complexity index is 791. The molecule has 1 N–H and O–H groups in total. The number of pyridine rings is 1. The first-order valence-electron chi connectivity index (χ1n) is 5.88. The van der Waals surface area contributed by atoms with Crippen molar-refractivity contribution < 1.29 is 4.79 Å². The summed E-state index contributed by atoms with van der Waals surface area (Å²) in [7, 11) is 0. The number of hydrogen-bond donors (Lipinski definition) is 1. The van der Waals surface area contributed by atoms with Crippen molar-refractivity contribution in [2.45, 2.75) is 0 Å². The van der Waals surface area contributed by atoms with Crippen LogP contribution < -0.4 is 5.32 Å². The van der Waals surface area contributed by atoms with Crippen molar-refractivity contribution in [3.05, 3.63) is 59.5 Å². The van der Waals surface area contributed by atoms with Gasteiger partial charge in [0.2, 0.25) is 5.95 Å². The average molecular weight is 285 g/mol. The van der Waals surface area contributed by atoms with E-state index in [1.165, 1.54) is 12.3 Å². The van der Waals surface area contributed by atoms with E-state index in [0.717, 1.165) is 10.9 Å². The predicted molar refractivity (Wildman–Crippen MR) is 76.7 cm³/mol. The van der Waals surface area contributed by atoms with E-state index in [4.69, 9.17) is 11.6 Å². The summed E-state index contributed by atoms with van der Waals surface area (Å²) in [5, 5.41) is 3.80. The highest BCUT2D eigenvalue weighted by Crippen LogP contribution is 2.13. The van der Waals surface area contributed by atoms with Crippen LogP contribution in [0.4, 0.5) is 5.95 Å². The van der Waals surface area contributed by atoms with Gasteiger partial charge in [0.15, 0.2) is 0 Å². The summed E-state index contributed by atoms with van der Waals surface area (Å²) in [5.41, 5.74) is 1.06. The molecular formula is C14H9ClN4O. The molecule has 98 valence electrons. The van der Waals surface area contributed by atoms with Gasteiger partial charge in [-0.2, -0.15) is 0 Å². The number of nitrogens with zero attached hydrogens (tertiary/aromatic N) is 3. The lowest BCUT2D eigenvalue weighted by Gasteiger charge is -2.04. The summed E-state index contributed by atoms with van der Waals surface area (Å²) in [6.45, 7) is 0. The Labute approximate surface area is 119 Å². The van der Waals surface area contributed by atoms with Crippen molar-refractivity contribution in [3.8, 4) is 0 Å². The number of fused-ring (bicyclic) bond motifs is 1. The number of nitrogens with one attached hydrogen (secondary N) is 1. The number of carbonyl (C=O) groups excluding carboxylic acids is 1. The standard InChI is InChI=1S/C14H9ClN4O/c15-12-7-8-16-14(18-12)19-13(20)11-6-5-9-3-1-2-4-10(9)17-11/h1-8H,(H,16,18,19,20). The molecule has 0 bridgehead atoms. The van der Waals surface area contributed by atoms with Crippen molar-refractivity contribution >= 4 is 34.4 Å². The van der Waals surface area contributed by atoms with Gasteiger partial charge in [-0.1, -0.05) is 35.9 Å². The van der Waals surface area contributed by atoms with Gasteiger partial charge >= 0.3 is 0 Å². The average Bonchev–Trinajstić information content (AvgIpc) is 2.47. The number of amides is 1. The smallest absolute Gasteiger partial charge is 0.276 e. The minimum atomic E-state index is -0.377. The quantitative estimate of drug-likeness (QED) is 0.735. The van der Waals surface area contributed by atoms with E-state index < -0.39 is 0 Å². The molecule has 0 aliphatic carbocycles. The molecule has 0 aliphatic rings. The van der Waals surface area contributed by atoms with Crippen LogP contribution in [0.15, 0.2) is 48.7 Å². The fourth-order valence-electron chi connectivity index (χ4n) is 1.75. The van der Waals surface area contributed by atoms with E-state index in [-0.39, 0.29) is 17.0 Å². The molecule has 1 aromatic carbocycles. The number of rotatable bonds is 2. The molecule has 0 saturated carbocycles. The van der Waals surface area contributed by atoms with Crippen molar-refractivity contribution in [3.63, 3.8) is 0 Å². The second kappa shape index (κ2) is 5.22. The summed E-state index contributed by atoms with van der Waals surface area (Å²) in [6, 6.07) is 12.6. The van der Waals surface area contributed by atoms with Gasteiger partial charge in [0.1, 0.15) is 10.8 Å². The molecule has 0 atom stereocenters.